The van der Waals surface area contributed by atoms with Gasteiger partial charge >= 0.3 is 0 Å². The molecule has 5 heteroatoms. The summed E-state index contributed by atoms with van der Waals surface area (Å²) in [5.41, 5.74) is 1.51. The fourth-order valence-electron chi connectivity index (χ4n) is 1.82. The number of aliphatic hydroxyl groups excluding tert-OH is 1. The van der Waals surface area contributed by atoms with E-state index < -0.39 is 6.10 Å². The van der Waals surface area contributed by atoms with Gasteiger partial charge in [0.1, 0.15) is 5.75 Å². The summed E-state index contributed by atoms with van der Waals surface area (Å²) in [6.45, 7) is 2.34. The summed E-state index contributed by atoms with van der Waals surface area (Å²) < 4.78 is 10.0. The molecule has 106 valence electrons. The Hall–Kier alpha value is -1.59. The molecule has 0 radical (unpaired) electrons. The van der Waals surface area contributed by atoms with E-state index in [-0.39, 0.29) is 19.1 Å². The number of carbonyl (C=O) groups excluding carboxylic acids is 1. The van der Waals surface area contributed by atoms with E-state index in [1.165, 1.54) is 12.0 Å². The smallest absolute Gasteiger partial charge is 0.253 e. The van der Waals surface area contributed by atoms with Crippen molar-refractivity contribution < 1.29 is 19.4 Å². The summed E-state index contributed by atoms with van der Waals surface area (Å²) in [6, 6.07) is 5.29. The van der Waals surface area contributed by atoms with Crippen LogP contribution < -0.4 is 4.74 Å². The minimum absolute atomic E-state index is 0.159. The molecule has 5 nitrogen and oxygen atoms in total. The molecule has 0 saturated carbocycles. The Kier molecular flexibility index (Phi) is 5.79. The number of likely N-dealkylation sites (N-methyl/N-ethyl adjacent to an activating group) is 1. The maximum absolute atomic E-state index is 12.2. The number of carbonyl (C=O) groups is 1. The first kappa shape index (κ1) is 15.5. The highest BCUT2D eigenvalue weighted by Crippen LogP contribution is 2.19. The third-order valence-corrected chi connectivity index (χ3v) is 2.85. The molecule has 0 aliphatic carbocycles. The van der Waals surface area contributed by atoms with Gasteiger partial charge in [0.25, 0.3) is 5.91 Å². The van der Waals surface area contributed by atoms with Crippen LogP contribution in [-0.4, -0.2) is 56.4 Å². The largest absolute Gasteiger partial charge is 0.496 e. The number of aryl methyl sites for hydroxylation is 1. The summed E-state index contributed by atoms with van der Waals surface area (Å²) in [5, 5.41) is 9.62. The zero-order valence-corrected chi connectivity index (χ0v) is 11.8. The second kappa shape index (κ2) is 7.11. The van der Waals surface area contributed by atoms with Crippen molar-refractivity contribution in [2.75, 3.05) is 34.4 Å². The topological polar surface area (TPSA) is 59.0 Å². The Balaban J connectivity index is 2.76. The zero-order valence-electron chi connectivity index (χ0n) is 11.8. The second-order valence-electron chi connectivity index (χ2n) is 4.48. The Bertz CT molecular complexity index is 433. The number of benzene rings is 1. The third kappa shape index (κ3) is 4.22. The fraction of sp³-hybridized carbons (Fsp3) is 0.500. The second-order valence-corrected chi connectivity index (χ2v) is 4.48. The van der Waals surface area contributed by atoms with Gasteiger partial charge in [-0.05, 0) is 24.6 Å². The molecule has 0 heterocycles. The number of methoxy groups -OCH3 is 2. The van der Waals surface area contributed by atoms with Gasteiger partial charge in [-0.15, -0.1) is 0 Å². The van der Waals surface area contributed by atoms with E-state index in [2.05, 4.69) is 0 Å². The highest BCUT2D eigenvalue weighted by atomic mass is 16.5. The molecule has 0 saturated heterocycles. The lowest BCUT2D eigenvalue weighted by atomic mass is 10.1. The molecule has 0 aromatic heterocycles. The molecule has 1 atom stereocenters. The Morgan fingerprint density at radius 2 is 2.11 bits per heavy atom. The number of hydrogen-bond donors (Lipinski definition) is 1. The van der Waals surface area contributed by atoms with Gasteiger partial charge in [-0.2, -0.15) is 0 Å². The first-order chi connectivity index (χ1) is 8.99. The fourth-order valence-corrected chi connectivity index (χ4v) is 1.82. The van der Waals surface area contributed by atoms with Crippen molar-refractivity contribution in [1.29, 1.82) is 0 Å². The number of nitrogens with zero attached hydrogens (tertiary/aromatic N) is 1. The van der Waals surface area contributed by atoms with Crippen molar-refractivity contribution in [2.45, 2.75) is 13.0 Å². The van der Waals surface area contributed by atoms with Crippen LogP contribution in [-0.2, 0) is 4.74 Å². The van der Waals surface area contributed by atoms with Crippen molar-refractivity contribution in [2.24, 2.45) is 0 Å². The van der Waals surface area contributed by atoms with Crippen LogP contribution in [0.15, 0.2) is 18.2 Å². The molecule has 1 N–H and O–H groups in total. The van der Waals surface area contributed by atoms with E-state index in [0.29, 0.717) is 11.3 Å². The molecular formula is C14H21NO4. The lowest BCUT2D eigenvalue weighted by Gasteiger charge is -2.21. The van der Waals surface area contributed by atoms with Gasteiger partial charge in [-0.3, -0.25) is 4.79 Å². The summed E-state index contributed by atoms with van der Waals surface area (Å²) in [4.78, 5) is 13.6. The standard InChI is InChI=1S/C14H21NO4/c1-10-5-6-11(7-13(10)19-4)14(17)15(2)8-12(16)9-18-3/h5-7,12,16H,8-9H2,1-4H3. The minimum Gasteiger partial charge on any atom is -0.496 e. The van der Waals surface area contributed by atoms with E-state index in [9.17, 15) is 9.90 Å². The molecule has 1 amide bonds. The van der Waals surface area contributed by atoms with Gasteiger partial charge in [0.15, 0.2) is 0 Å². The lowest BCUT2D eigenvalue weighted by Crippen LogP contribution is -2.36. The van der Waals surface area contributed by atoms with E-state index in [1.807, 2.05) is 13.0 Å². The summed E-state index contributed by atoms with van der Waals surface area (Å²) in [5.74, 6) is 0.519. The SMILES string of the molecule is COCC(O)CN(C)C(=O)c1ccc(C)c(OC)c1. The monoisotopic (exact) mass is 267 g/mol. The number of hydrogen-bond acceptors (Lipinski definition) is 4. The van der Waals surface area contributed by atoms with Crippen LogP contribution in [0, 0.1) is 6.92 Å². The number of rotatable bonds is 6. The van der Waals surface area contributed by atoms with E-state index >= 15 is 0 Å². The van der Waals surface area contributed by atoms with Crippen LogP contribution in [0.1, 0.15) is 15.9 Å². The molecule has 0 bridgehead atoms. The predicted octanol–water partition coefficient (Wildman–Crippen LogP) is 1.08. The van der Waals surface area contributed by atoms with Crippen molar-refractivity contribution in [3.05, 3.63) is 29.3 Å². The number of aliphatic hydroxyl groups is 1. The van der Waals surface area contributed by atoms with Crippen LogP contribution in [0.2, 0.25) is 0 Å². The zero-order chi connectivity index (χ0) is 14.4. The summed E-state index contributed by atoms with van der Waals surface area (Å²) >= 11 is 0. The maximum Gasteiger partial charge on any atom is 0.253 e. The van der Waals surface area contributed by atoms with Crippen molar-refractivity contribution in [3.8, 4) is 5.75 Å². The lowest BCUT2D eigenvalue weighted by molar-refractivity contribution is 0.0380. The normalized spacial score (nSPS) is 12.1. The van der Waals surface area contributed by atoms with Crippen molar-refractivity contribution in [1.82, 2.24) is 4.90 Å². The van der Waals surface area contributed by atoms with Crippen LogP contribution >= 0.6 is 0 Å². The van der Waals surface area contributed by atoms with Crippen LogP contribution in [0.3, 0.4) is 0 Å². The Morgan fingerprint density at radius 1 is 1.42 bits per heavy atom. The van der Waals surface area contributed by atoms with Gasteiger partial charge in [0.05, 0.1) is 19.8 Å². The quantitative estimate of drug-likeness (QED) is 0.838. The molecular weight excluding hydrogens is 246 g/mol. The van der Waals surface area contributed by atoms with Crippen molar-refractivity contribution >= 4 is 5.91 Å². The van der Waals surface area contributed by atoms with E-state index in [4.69, 9.17) is 9.47 Å². The maximum atomic E-state index is 12.2. The highest BCUT2D eigenvalue weighted by molar-refractivity contribution is 5.94. The average Bonchev–Trinajstić information content (AvgIpc) is 2.38. The number of ether oxygens (including phenoxy) is 2. The minimum atomic E-state index is -0.689. The first-order valence-corrected chi connectivity index (χ1v) is 6.06. The molecule has 1 aromatic carbocycles. The molecule has 1 aromatic rings. The van der Waals surface area contributed by atoms with Gasteiger partial charge in [-0.25, -0.2) is 0 Å². The molecule has 0 aliphatic heterocycles. The molecule has 1 unspecified atom stereocenters. The van der Waals surface area contributed by atoms with Gasteiger partial charge in [-0.1, -0.05) is 6.07 Å². The Morgan fingerprint density at radius 3 is 2.68 bits per heavy atom. The van der Waals surface area contributed by atoms with Crippen LogP contribution in [0.4, 0.5) is 0 Å². The van der Waals surface area contributed by atoms with Crippen molar-refractivity contribution in [3.63, 3.8) is 0 Å². The van der Waals surface area contributed by atoms with Gasteiger partial charge in [0, 0.05) is 26.3 Å². The predicted molar refractivity (Wildman–Crippen MR) is 72.6 cm³/mol. The van der Waals surface area contributed by atoms with E-state index in [0.717, 1.165) is 5.56 Å². The first-order valence-electron chi connectivity index (χ1n) is 6.06. The highest BCUT2D eigenvalue weighted by Gasteiger charge is 2.16. The van der Waals surface area contributed by atoms with Gasteiger partial charge < -0.3 is 19.5 Å². The molecule has 19 heavy (non-hydrogen) atoms. The molecule has 0 aliphatic rings. The third-order valence-electron chi connectivity index (χ3n) is 2.85. The van der Waals surface area contributed by atoms with Crippen LogP contribution in [0.25, 0.3) is 0 Å². The Labute approximate surface area is 113 Å². The molecule has 1 rings (SSSR count). The van der Waals surface area contributed by atoms with Gasteiger partial charge in [0.2, 0.25) is 0 Å². The van der Waals surface area contributed by atoms with Crippen LogP contribution in [0.5, 0.6) is 5.75 Å². The summed E-state index contributed by atoms with van der Waals surface area (Å²) in [7, 11) is 4.73. The summed E-state index contributed by atoms with van der Waals surface area (Å²) in [6.07, 6.45) is -0.689. The average molecular weight is 267 g/mol. The molecule has 0 spiro atoms. The van der Waals surface area contributed by atoms with E-state index in [1.54, 1.807) is 26.3 Å². The number of amides is 1. The molecule has 0 fully saturated rings.